The Morgan fingerprint density at radius 2 is 1.88 bits per heavy atom. The van der Waals surface area contributed by atoms with Crippen molar-refractivity contribution >= 4 is 10.8 Å². The summed E-state index contributed by atoms with van der Waals surface area (Å²) in [6, 6.07) is 11.3. The van der Waals surface area contributed by atoms with Gasteiger partial charge in [0.05, 0.1) is 0 Å². The van der Waals surface area contributed by atoms with Crippen molar-refractivity contribution in [3.63, 3.8) is 0 Å². The van der Waals surface area contributed by atoms with Gasteiger partial charge < -0.3 is 10.8 Å². The molecule has 0 saturated heterocycles. The Labute approximate surface area is 94.7 Å². The molecule has 16 heavy (non-hydrogen) atoms. The van der Waals surface area contributed by atoms with Crippen LogP contribution in [0.2, 0.25) is 0 Å². The van der Waals surface area contributed by atoms with Gasteiger partial charge in [-0.15, -0.1) is 0 Å². The molecule has 0 fully saturated rings. The van der Waals surface area contributed by atoms with Crippen LogP contribution in [0.4, 0.5) is 0 Å². The lowest BCUT2D eigenvalue weighted by Crippen LogP contribution is -1.95. The number of fused-ring (bicyclic) bond motifs is 1. The summed E-state index contributed by atoms with van der Waals surface area (Å²) in [7, 11) is 0. The predicted octanol–water partition coefficient (Wildman–Crippen LogP) is 2.25. The third-order valence-corrected chi connectivity index (χ3v) is 2.33. The average Bonchev–Trinajstić information content (AvgIpc) is 2.29. The lowest BCUT2D eigenvalue weighted by Gasteiger charge is -1.99. The zero-order valence-corrected chi connectivity index (χ0v) is 8.90. The van der Waals surface area contributed by atoms with E-state index in [-0.39, 0.29) is 5.75 Å². The Bertz CT molecular complexity index is 564. The van der Waals surface area contributed by atoms with Gasteiger partial charge in [-0.1, -0.05) is 24.0 Å². The van der Waals surface area contributed by atoms with Gasteiger partial charge in [-0.2, -0.15) is 0 Å². The Balaban J connectivity index is 2.40. The molecule has 0 atom stereocenters. The van der Waals surface area contributed by atoms with E-state index in [2.05, 4.69) is 11.8 Å². The van der Waals surface area contributed by atoms with Gasteiger partial charge in [0.25, 0.3) is 0 Å². The topological polar surface area (TPSA) is 46.2 Å². The number of rotatable bonds is 1. The fraction of sp³-hybridized carbons (Fsp3) is 0.143. The first kappa shape index (κ1) is 10.5. The van der Waals surface area contributed by atoms with Gasteiger partial charge in [0.15, 0.2) is 0 Å². The number of nitrogens with two attached hydrogens (primary N) is 1. The molecular formula is C14H13NO. The maximum Gasteiger partial charge on any atom is 0.116 e. The van der Waals surface area contributed by atoms with E-state index in [4.69, 9.17) is 5.73 Å². The molecule has 0 spiro atoms. The highest BCUT2D eigenvalue weighted by Gasteiger charge is 1.95. The van der Waals surface area contributed by atoms with Crippen molar-refractivity contribution in [3.05, 3.63) is 42.0 Å². The highest BCUT2D eigenvalue weighted by atomic mass is 16.3. The summed E-state index contributed by atoms with van der Waals surface area (Å²) in [5, 5.41) is 11.5. The zero-order chi connectivity index (χ0) is 11.4. The molecule has 80 valence electrons. The third kappa shape index (κ3) is 2.33. The number of phenolic OH excluding ortho intramolecular Hbond substituents is 1. The van der Waals surface area contributed by atoms with Crippen molar-refractivity contribution in [3.8, 4) is 17.6 Å². The molecule has 0 bridgehead atoms. The Hall–Kier alpha value is -1.98. The number of hydrogen-bond acceptors (Lipinski definition) is 2. The molecule has 0 heterocycles. The van der Waals surface area contributed by atoms with E-state index in [1.54, 1.807) is 12.1 Å². The number of hydrogen-bond donors (Lipinski definition) is 2. The van der Waals surface area contributed by atoms with Crippen LogP contribution in [-0.2, 0) is 0 Å². The maximum absolute atomic E-state index is 9.38. The molecule has 0 aliphatic heterocycles. The molecule has 0 radical (unpaired) electrons. The normalized spacial score (nSPS) is 9.81. The van der Waals surface area contributed by atoms with Gasteiger partial charge in [-0.25, -0.2) is 0 Å². The Kier molecular flexibility index (Phi) is 3.09. The molecule has 2 heteroatoms. The third-order valence-electron chi connectivity index (χ3n) is 2.33. The van der Waals surface area contributed by atoms with Crippen LogP contribution in [0.1, 0.15) is 12.0 Å². The van der Waals surface area contributed by atoms with Crippen molar-refractivity contribution in [2.45, 2.75) is 6.42 Å². The fourth-order valence-corrected chi connectivity index (χ4v) is 1.55. The summed E-state index contributed by atoms with van der Waals surface area (Å²) in [5.74, 6) is 6.32. The summed E-state index contributed by atoms with van der Waals surface area (Å²) in [6.07, 6.45) is 0.706. The van der Waals surface area contributed by atoms with Gasteiger partial charge in [0, 0.05) is 18.5 Å². The highest BCUT2D eigenvalue weighted by molar-refractivity contribution is 5.85. The SMILES string of the molecule is NCCC#Cc1ccc2ccc(O)cc2c1. The summed E-state index contributed by atoms with van der Waals surface area (Å²) in [5.41, 5.74) is 6.32. The molecular weight excluding hydrogens is 198 g/mol. The number of aromatic hydroxyl groups is 1. The largest absolute Gasteiger partial charge is 0.508 e. The molecule has 2 aromatic rings. The number of phenols is 1. The van der Waals surface area contributed by atoms with Crippen LogP contribution >= 0.6 is 0 Å². The van der Waals surface area contributed by atoms with E-state index in [1.165, 1.54) is 0 Å². The first-order valence-electron chi connectivity index (χ1n) is 5.21. The van der Waals surface area contributed by atoms with E-state index < -0.39 is 0 Å². The first-order valence-corrected chi connectivity index (χ1v) is 5.21. The first-order chi connectivity index (χ1) is 7.79. The second-order valence-electron chi connectivity index (χ2n) is 3.59. The van der Waals surface area contributed by atoms with E-state index in [9.17, 15) is 5.11 Å². The van der Waals surface area contributed by atoms with E-state index in [0.29, 0.717) is 13.0 Å². The molecule has 3 N–H and O–H groups in total. The van der Waals surface area contributed by atoms with Crippen molar-refractivity contribution < 1.29 is 5.11 Å². The predicted molar refractivity (Wildman–Crippen MR) is 66.2 cm³/mol. The summed E-state index contributed by atoms with van der Waals surface area (Å²) in [4.78, 5) is 0. The molecule has 0 amide bonds. The van der Waals surface area contributed by atoms with Gasteiger partial charge in [0.2, 0.25) is 0 Å². The lowest BCUT2D eigenvalue weighted by molar-refractivity contribution is 0.476. The molecule has 2 aromatic carbocycles. The minimum Gasteiger partial charge on any atom is -0.508 e. The highest BCUT2D eigenvalue weighted by Crippen LogP contribution is 2.20. The van der Waals surface area contributed by atoms with Gasteiger partial charge >= 0.3 is 0 Å². The van der Waals surface area contributed by atoms with Crippen molar-refractivity contribution in [2.75, 3.05) is 6.54 Å². The van der Waals surface area contributed by atoms with Crippen LogP contribution in [0.25, 0.3) is 10.8 Å². The van der Waals surface area contributed by atoms with Gasteiger partial charge in [-0.3, -0.25) is 0 Å². The van der Waals surface area contributed by atoms with E-state index in [1.807, 2.05) is 24.3 Å². The van der Waals surface area contributed by atoms with Crippen molar-refractivity contribution in [1.29, 1.82) is 0 Å². The lowest BCUT2D eigenvalue weighted by atomic mass is 10.1. The molecule has 2 nitrogen and oxygen atoms in total. The Morgan fingerprint density at radius 1 is 1.06 bits per heavy atom. The molecule has 0 aliphatic carbocycles. The van der Waals surface area contributed by atoms with Crippen LogP contribution in [0.5, 0.6) is 5.75 Å². The molecule has 0 aliphatic rings. The zero-order valence-electron chi connectivity index (χ0n) is 8.90. The number of benzene rings is 2. The van der Waals surface area contributed by atoms with Crippen LogP contribution in [0, 0.1) is 11.8 Å². The van der Waals surface area contributed by atoms with Crippen LogP contribution in [0.3, 0.4) is 0 Å². The van der Waals surface area contributed by atoms with Crippen LogP contribution < -0.4 is 5.73 Å². The molecule has 0 aromatic heterocycles. The van der Waals surface area contributed by atoms with Gasteiger partial charge in [0.1, 0.15) is 5.75 Å². The van der Waals surface area contributed by atoms with Crippen LogP contribution in [-0.4, -0.2) is 11.7 Å². The van der Waals surface area contributed by atoms with E-state index in [0.717, 1.165) is 16.3 Å². The van der Waals surface area contributed by atoms with E-state index >= 15 is 0 Å². The van der Waals surface area contributed by atoms with Crippen molar-refractivity contribution in [1.82, 2.24) is 0 Å². The minimum atomic E-state index is 0.277. The monoisotopic (exact) mass is 211 g/mol. The molecule has 2 rings (SSSR count). The van der Waals surface area contributed by atoms with Crippen LogP contribution in [0.15, 0.2) is 36.4 Å². The summed E-state index contributed by atoms with van der Waals surface area (Å²) < 4.78 is 0. The smallest absolute Gasteiger partial charge is 0.116 e. The van der Waals surface area contributed by atoms with Gasteiger partial charge in [-0.05, 0) is 35.0 Å². The summed E-state index contributed by atoms with van der Waals surface area (Å²) >= 11 is 0. The second kappa shape index (κ2) is 4.69. The fourth-order valence-electron chi connectivity index (χ4n) is 1.55. The minimum absolute atomic E-state index is 0.277. The van der Waals surface area contributed by atoms with Crippen molar-refractivity contribution in [2.24, 2.45) is 5.73 Å². The standard InChI is InChI=1S/C14H13NO/c15-8-2-1-3-11-4-5-12-6-7-14(16)10-13(12)9-11/h4-7,9-10,16H,2,8,15H2. The molecule has 0 unspecified atom stereocenters. The quantitative estimate of drug-likeness (QED) is 0.711. The molecule has 0 saturated carbocycles. The second-order valence-corrected chi connectivity index (χ2v) is 3.59. The summed E-state index contributed by atoms with van der Waals surface area (Å²) in [6.45, 7) is 0.585. The Morgan fingerprint density at radius 3 is 2.69 bits per heavy atom. The maximum atomic E-state index is 9.38. The average molecular weight is 211 g/mol.